The molecule has 0 radical (unpaired) electrons. The molecule has 204 valence electrons. The van der Waals surface area contributed by atoms with Crippen molar-refractivity contribution < 1.29 is 9.47 Å². The third-order valence-electron chi connectivity index (χ3n) is 6.94. The Morgan fingerprint density at radius 3 is 2.52 bits per heavy atom. The first-order valence-electron chi connectivity index (χ1n) is 13.6. The largest absolute Gasteiger partial charge is 0.493 e. The van der Waals surface area contributed by atoms with Crippen LogP contribution in [0.3, 0.4) is 0 Å². The van der Waals surface area contributed by atoms with E-state index in [0.29, 0.717) is 52.2 Å². The van der Waals surface area contributed by atoms with E-state index < -0.39 is 0 Å². The zero-order chi connectivity index (χ0) is 27.3. The summed E-state index contributed by atoms with van der Waals surface area (Å²) in [6.45, 7) is 3.43. The summed E-state index contributed by atoms with van der Waals surface area (Å²) in [6, 6.07) is 27.3. The second-order valence-electron chi connectivity index (χ2n) is 9.89. The summed E-state index contributed by atoms with van der Waals surface area (Å²) in [5.41, 5.74) is 4.78. The molecule has 0 spiro atoms. The van der Waals surface area contributed by atoms with Gasteiger partial charge in [-0.2, -0.15) is 4.98 Å². The second-order valence-corrected chi connectivity index (χ2v) is 11.0. The molecular weight excluding hydrogens is 520 g/mol. The summed E-state index contributed by atoms with van der Waals surface area (Å²) in [6.07, 6.45) is 2.16. The number of fused-ring (bicyclic) bond motifs is 1. The van der Waals surface area contributed by atoms with E-state index in [1.54, 1.807) is 23.6 Å². The molecule has 1 fully saturated rings. The van der Waals surface area contributed by atoms with Crippen LogP contribution in [0.4, 0.5) is 0 Å². The SMILES string of the molecule is CCCSc1nc(Oc2cc(CN[C@@H]3C[C@H]3c3ccccc3)ccc2OC)c2nnn(Cc3ccccc3)c2n1. The Labute approximate surface area is 238 Å². The van der Waals surface area contributed by atoms with Crippen molar-refractivity contribution in [2.75, 3.05) is 12.9 Å². The standard InChI is InChI=1S/C31H32N6O2S/c1-3-16-40-31-33-29-28(35-36-37(29)20-21-10-6-4-7-11-21)30(34-31)39-27-17-22(14-15-26(27)38-2)19-32-25-18-24(25)23-12-8-5-9-13-23/h4-15,17,24-25,32H,3,16,18-20H2,1-2H3/t24-,25+/m0/s1. The highest BCUT2D eigenvalue weighted by Crippen LogP contribution is 2.41. The van der Waals surface area contributed by atoms with Crippen LogP contribution < -0.4 is 14.8 Å². The molecule has 1 aliphatic rings. The van der Waals surface area contributed by atoms with Gasteiger partial charge in [-0.15, -0.1) is 5.10 Å². The maximum Gasteiger partial charge on any atom is 0.254 e. The molecule has 2 atom stereocenters. The minimum absolute atomic E-state index is 0.373. The van der Waals surface area contributed by atoms with Crippen LogP contribution in [0, 0.1) is 0 Å². The Hall–Kier alpha value is -3.95. The lowest BCUT2D eigenvalue weighted by Crippen LogP contribution is -2.17. The highest BCUT2D eigenvalue weighted by atomic mass is 32.2. The Morgan fingerprint density at radius 1 is 0.950 bits per heavy atom. The molecule has 0 amide bonds. The topological polar surface area (TPSA) is 87.0 Å². The average molecular weight is 553 g/mol. The number of ether oxygens (including phenoxy) is 2. The molecule has 2 heterocycles. The predicted molar refractivity (Wildman–Crippen MR) is 157 cm³/mol. The minimum Gasteiger partial charge on any atom is -0.493 e. The van der Waals surface area contributed by atoms with Gasteiger partial charge < -0.3 is 14.8 Å². The third kappa shape index (κ3) is 5.95. The van der Waals surface area contributed by atoms with Crippen LogP contribution in [-0.2, 0) is 13.1 Å². The van der Waals surface area contributed by atoms with E-state index in [1.807, 2.05) is 30.3 Å². The van der Waals surface area contributed by atoms with Crippen molar-refractivity contribution in [2.45, 2.75) is 50.0 Å². The van der Waals surface area contributed by atoms with E-state index >= 15 is 0 Å². The fourth-order valence-corrected chi connectivity index (χ4v) is 5.44. The van der Waals surface area contributed by atoms with Gasteiger partial charge in [0.25, 0.3) is 5.88 Å². The molecule has 2 aromatic heterocycles. The number of aromatic nitrogens is 5. The molecule has 1 saturated carbocycles. The molecule has 0 aliphatic heterocycles. The lowest BCUT2D eigenvalue weighted by molar-refractivity contribution is 0.373. The van der Waals surface area contributed by atoms with Gasteiger partial charge in [0.05, 0.1) is 13.7 Å². The molecule has 40 heavy (non-hydrogen) atoms. The summed E-state index contributed by atoms with van der Waals surface area (Å²) in [4.78, 5) is 9.52. The van der Waals surface area contributed by atoms with Gasteiger partial charge in [0.1, 0.15) is 0 Å². The fourth-order valence-electron chi connectivity index (χ4n) is 4.76. The van der Waals surface area contributed by atoms with Crippen molar-refractivity contribution in [3.63, 3.8) is 0 Å². The van der Waals surface area contributed by atoms with E-state index in [1.165, 1.54) is 5.56 Å². The monoisotopic (exact) mass is 552 g/mol. The van der Waals surface area contributed by atoms with Crippen molar-refractivity contribution in [1.29, 1.82) is 0 Å². The first-order valence-corrected chi connectivity index (χ1v) is 14.6. The highest BCUT2D eigenvalue weighted by Gasteiger charge is 2.37. The van der Waals surface area contributed by atoms with Gasteiger partial charge in [-0.25, -0.2) is 9.67 Å². The number of nitrogens with zero attached hydrogens (tertiary/aromatic N) is 5. The van der Waals surface area contributed by atoms with Gasteiger partial charge in [0, 0.05) is 24.3 Å². The molecule has 6 rings (SSSR count). The van der Waals surface area contributed by atoms with Gasteiger partial charge in [0.15, 0.2) is 27.8 Å². The summed E-state index contributed by atoms with van der Waals surface area (Å²) in [5, 5.41) is 13.1. The van der Waals surface area contributed by atoms with E-state index in [9.17, 15) is 0 Å². The Bertz CT molecular complexity index is 1580. The maximum atomic E-state index is 6.42. The normalized spacial score (nSPS) is 16.2. The zero-order valence-electron chi connectivity index (χ0n) is 22.7. The molecule has 8 nitrogen and oxygen atoms in total. The van der Waals surface area contributed by atoms with E-state index in [0.717, 1.165) is 36.3 Å². The second kappa shape index (κ2) is 12.1. The van der Waals surface area contributed by atoms with Crippen molar-refractivity contribution in [2.24, 2.45) is 0 Å². The van der Waals surface area contributed by atoms with Crippen LogP contribution in [0.2, 0.25) is 0 Å². The molecular formula is C31H32N6O2S. The number of hydrogen-bond donors (Lipinski definition) is 1. The lowest BCUT2D eigenvalue weighted by Gasteiger charge is -2.13. The third-order valence-corrected chi connectivity index (χ3v) is 8.00. The quantitative estimate of drug-likeness (QED) is 0.144. The summed E-state index contributed by atoms with van der Waals surface area (Å²) in [7, 11) is 1.64. The first-order chi connectivity index (χ1) is 19.7. The number of hydrogen-bond acceptors (Lipinski definition) is 8. The van der Waals surface area contributed by atoms with E-state index in [4.69, 9.17) is 19.4 Å². The minimum atomic E-state index is 0.373. The Kier molecular flexibility index (Phi) is 7.92. The molecule has 5 aromatic rings. The van der Waals surface area contributed by atoms with Gasteiger partial charge in [-0.1, -0.05) is 90.6 Å². The number of benzene rings is 3. The molecule has 0 bridgehead atoms. The molecule has 0 saturated heterocycles. The lowest BCUT2D eigenvalue weighted by atomic mass is 10.1. The maximum absolute atomic E-state index is 6.42. The van der Waals surface area contributed by atoms with Gasteiger partial charge in [-0.05, 0) is 41.7 Å². The van der Waals surface area contributed by atoms with Crippen LogP contribution in [0.25, 0.3) is 11.2 Å². The Morgan fingerprint density at radius 2 is 1.75 bits per heavy atom. The highest BCUT2D eigenvalue weighted by molar-refractivity contribution is 7.99. The smallest absolute Gasteiger partial charge is 0.254 e. The van der Waals surface area contributed by atoms with E-state index in [2.05, 4.69) is 71.1 Å². The van der Waals surface area contributed by atoms with Crippen molar-refractivity contribution in [1.82, 2.24) is 30.3 Å². The molecule has 9 heteroatoms. The number of thioether (sulfide) groups is 1. The molecule has 3 aromatic carbocycles. The average Bonchev–Trinajstić information content (AvgIpc) is 3.68. The van der Waals surface area contributed by atoms with Crippen molar-refractivity contribution in [3.05, 3.63) is 95.6 Å². The van der Waals surface area contributed by atoms with Crippen molar-refractivity contribution in [3.8, 4) is 17.4 Å². The van der Waals surface area contributed by atoms with Gasteiger partial charge in [-0.3, -0.25) is 0 Å². The molecule has 1 aliphatic carbocycles. The number of nitrogens with one attached hydrogen (secondary N) is 1. The Balaban J connectivity index is 1.25. The van der Waals surface area contributed by atoms with Crippen LogP contribution >= 0.6 is 11.8 Å². The zero-order valence-corrected chi connectivity index (χ0v) is 23.5. The number of rotatable bonds is 12. The first kappa shape index (κ1) is 26.3. The molecule has 0 unspecified atom stereocenters. The van der Waals surface area contributed by atoms with Crippen LogP contribution in [-0.4, -0.2) is 43.9 Å². The van der Waals surface area contributed by atoms with Crippen LogP contribution in [0.5, 0.6) is 17.4 Å². The summed E-state index contributed by atoms with van der Waals surface area (Å²) in [5.74, 6) is 3.06. The van der Waals surface area contributed by atoms with Crippen molar-refractivity contribution >= 4 is 22.9 Å². The van der Waals surface area contributed by atoms with E-state index in [-0.39, 0.29) is 0 Å². The summed E-state index contributed by atoms with van der Waals surface area (Å²) < 4.78 is 13.9. The van der Waals surface area contributed by atoms with Gasteiger partial charge >= 0.3 is 0 Å². The summed E-state index contributed by atoms with van der Waals surface area (Å²) >= 11 is 1.60. The van der Waals surface area contributed by atoms with Crippen LogP contribution in [0.1, 0.15) is 42.4 Å². The number of methoxy groups -OCH3 is 1. The fraction of sp³-hybridized carbons (Fsp3) is 0.290. The predicted octanol–water partition coefficient (Wildman–Crippen LogP) is 6.22. The van der Waals surface area contributed by atoms with Gasteiger partial charge in [0.2, 0.25) is 0 Å². The molecule has 1 N–H and O–H groups in total. The van der Waals surface area contributed by atoms with Crippen LogP contribution in [0.15, 0.2) is 84.0 Å².